The van der Waals surface area contributed by atoms with Crippen molar-refractivity contribution in [1.82, 2.24) is 4.98 Å². The highest BCUT2D eigenvalue weighted by Gasteiger charge is 2.27. The molecule has 0 saturated carbocycles. The Morgan fingerprint density at radius 3 is 2.35 bits per heavy atom. The van der Waals surface area contributed by atoms with Crippen molar-refractivity contribution < 1.29 is 5.11 Å². The Balaban J connectivity index is 2.49. The fraction of sp³-hybridized carbons (Fsp3) is 0.267. The monoisotopic (exact) mass is 227 g/mol. The van der Waals surface area contributed by atoms with Gasteiger partial charge in [0.2, 0.25) is 0 Å². The van der Waals surface area contributed by atoms with E-state index in [9.17, 15) is 5.11 Å². The summed E-state index contributed by atoms with van der Waals surface area (Å²) in [5.74, 6) is 0. The first-order valence-corrected chi connectivity index (χ1v) is 5.73. The SMILES string of the molecule is Cc1ccc(C(C)(O)c2ccccc2C)cn1. The van der Waals surface area contributed by atoms with Gasteiger partial charge in [-0.3, -0.25) is 4.98 Å². The van der Waals surface area contributed by atoms with Crippen LogP contribution < -0.4 is 0 Å². The smallest absolute Gasteiger partial charge is 0.114 e. The minimum atomic E-state index is -0.994. The van der Waals surface area contributed by atoms with Crippen molar-refractivity contribution in [3.63, 3.8) is 0 Å². The molecule has 2 aromatic rings. The van der Waals surface area contributed by atoms with E-state index in [4.69, 9.17) is 0 Å². The molecule has 17 heavy (non-hydrogen) atoms. The van der Waals surface area contributed by atoms with Crippen LogP contribution in [0.3, 0.4) is 0 Å². The Labute approximate surface area is 102 Å². The summed E-state index contributed by atoms with van der Waals surface area (Å²) in [6.45, 7) is 5.75. The van der Waals surface area contributed by atoms with E-state index in [0.717, 1.165) is 22.4 Å². The topological polar surface area (TPSA) is 33.1 Å². The summed E-state index contributed by atoms with van der Waals surface area (Å²) < 4.78 is 0. The van der Waals surface area contributed by atoms with Crippen LogP contribution in [0.25, 0.3) is 0 Å². The summed E-state index contributed by atoms with van der Waals surface area (Å²) in [5.41, 5.74) is 2.78. The zero-order valence-corrected chi connectivity index (χ0v) is 10.4. The average molecular weight is 227 g/mol. The molecular formula is C15H17NO. The van der Waals surface area contributed by atoms with Crippen LogP contribution in [-0.2, 0) is 5.60 Å². The molecule has 0 aliphatic heterocycles. The Morgan fingerprint density at radius 2 is 1.76 bits per heavy atom. The van der Waals surface area contributed by atoms with Crippen molar-refractivity contribution >= 4 is 0 Å². The molecule has 1 N–H and O–H groups in total. The highest BCUT2D eigenvalue weighted by molar-refractivity contribution is 5.38. The third-order valence-electron chi connectivity index (χ3n) is 3.14. The van der Waals surface area contributed by atoms with Gasteiger partial charge in [-0.05, 0) is 38.0 Å². The normalized spacial score (nSPS) is 14.4. The number of hydrogen-bond acceptors (Lipinski definition) is 2. The lowest BCUT2D eigenvalue weighted by Gasteiger charge is -2.26. The van der Waals surface area contributed by atoms with Gasteiger partial charge < -0.3 is 5.11 Å². The van der Waals surface area contributed by atoms with E-state index in [1.54, 1.807) is 6.20 Å². The molecule has 2 nitrogen and oxygen atoms in total. The summed E-state index contributed by atoms with van der Waals surface area (Å²) in [4.78, 5) is 4.24. The van der Waals surface area contributed by atoms with E-state index in [2.05, 4.69) is 4.98 Å². The fourth-order valence-electron chi connectivity index (χ4n) is 2.03. The maximum atomic E-state index is 10.7. The second-order valence-corrected chi connectivity index (χ2v) is 4.58. The first kappa shape index (κ1) is 11.8. The summed E-state index contributed by atoms with van der Waals surface area (Å²) in [5, 5.41) is 10.7. The summed E-state index contributed by atoms with van der Waals surface area (Å²) in [6, 6.07) is 11.7. The van der Waals surface area contributed by atoms with Gasteiger partial charge in [0, 0.05) is 17.5 Å². The molecule has 0 fully saturated rings. The molecule has 2 heteroatoms. The predicted molar refractivity (Wildman–Crippen MR) is 68.8 cm³/mol. The van der Waals surface area contributed by atoms with E-state index < -0.39 is 5.60 Å². The molecule has 0 amide bonds. The van der Waals surface area contributed by atoms with Gasteiger partial charge in [-0.15, -0.1) is 0 Å². The number of nitrogens with zero attached hydrogens (tertiary/aromatic N) is 1. The Kier molecular flexibility index (Phi) is 2.99. The lowest BCUT2D eigenvalue weighted by atomic mass is 9.86. The van der Waals surface area contributed by atoms with Gasteiger partial charge in [-0.2, -0.15) is 0 Å². The number of aliphatic hydroxyl groups is 1. The van der Waals surface area contributed by atoms with Crippen LogP contribution in [0, 0.1) is 13.8 Å². The van der Waals surface area contributed by atoms with E-state index in [1.165, 1.54) is 0 Å². The summed E-state index contributed by atoms with van der Waals surface area (Å²) in [7, 11) is 0. The maximum Gasteiger partial charge on any atom is 0.114 e. The highest BCUT2D eigenvalue weighted by Crippen LogP contribution is 2.30. The lowest BCUT2D eigenvalue weighted by Crippen LogP contribution is -2.24. The first-order valence-electron chi connectivity index (χ1n) is 5.73. The van der Waals surface area contributed by atoms with Gasteiger partial charge in [0.15, 0.2) is 0 Å². The van der Waals surface area contributed by atoms with Crippen LogP contribution in [0.5, 0.6) is 0 Å². The molecule has 1 unspecified atom stereocenters. The molecule has 0 saturated heterocycles. The molecule has 0 aliphatic carbocycles. The molecule has 0 bridgehead atoms. The van der Waals surface area contributed by atoms with E-state index in [-0.39, 0.29) is 0 Å². The molecule has 2 rings (SSSR count). The maximum absolute atomic E-state index is 10.7. The highest BCUT2D eigenvalue weighted by atomic mass is 16.3. The van der Waals surface area contributed by atoms with Gasteiger partial charge in [-0.1, -0.05) is 30.3 Å². The molecular weight excluding hydrogens is 210 g/mol. The Morgan fingerprint density at radius 1 is 1.06 bits per heavy atom. The van der Waals surface area contributed by atoms with Crippen molar-refractivity contribution in [2.24, 2.45) is 0 Å². The summed E-state index contributed by atoms with van der Waals surface area (Å²) in [6.07, 6.45) is 1.74. The van der Waals surface area contributed by atoms with Gasteiger partial charge in [0.05, 0.1) is 0 Å². The van der Waals surface area contributed by atoms with Crippen LogP contribution >= 0.6 is 0 Å². The number of hydrogen-bond donors (Lipinski definition) is 1. The minimum Gasteiger partial charge on any atom is -0.381 e. The summed E-state index contributed by atoms with van der Waals surface area (Å²) >= 11 is 0. The molecule has 0 aliphatic rings. The van der Waals surface area contributed by atoms with Gasteiger partial charge in [-0.25, -0.2) is 0 Å². The van der Waals surface area contributed by atoms with Crippen LogP contribution in [0.2, 0.25) is 0 Å². The number of aromatic nitrogens is 1. The standard InChI is InChI=1S/C15H17NO/c1-11-6-4-5-7-14(11)15(3,17)13-9-8-12(2)16-10-13/h4-10,17H,1-3H3. The largest absolute Gasteiger partial charge is 0.381 e. The van der Waals surface area contributed by atoms with Crippen LogP contribution in [0.15, 0.2) is 42.6 Å². The van der Waals surface area contributed by atoms with Gasteiger partial charge >= 0.3 is 0 Å². The number of rotatable bonds is 2. The predicted octanol–water partition coefficient (Wildman–Crippen LogP) is 2.95. The minimum absolute atomic E-state index is 0.817. The third-order valence-corrected chi connectivity index (χ3v) is 3.14. The van der Waals surface area contributed by atoms with Crippen molar-refractivity contribution in [2.45, 2.75) is 26.4 Å². The second-order valence-electron chi connectivity index (χ2n) is 4.58. The lowest BCUT2D eigenvalue weighted by molar-refractivity contribution is 0.101. The molecule has 1 atom stereocenters. The van der Waals surface area contributed by atoms with E-state index in [1.807, 2.05) is 57.2 Å². The van der Waals surface area contributed by atoms with Crippen LogP contribution in [0.1, 0.15) is 29.3 Å². The van der Waals surface area contributed by atoms with Gasteiger partial charge in [0.1, 0.15) is 5.60 Å². The Hall–Kier alpha value is -1.67. The zero-order chi connectivity index (χ0) is 12.5. The van der Waals surface area contributed by atoms with Crippen molar-refractivity contribution in [3.8, 4) is 0 Å². The fourth-order valence-corrected chi connectivity index (χ4v) is 2.03. The first-order chi connectivity index (χ1) is 8.01. The molecule has 0 spiro atoms. The van der Waals surface area contributed by atoms with Crippen LogP contribution in [-0.4, -0.2) is 10.1 Å². The average Bonchev–Trinajstić information content (AvgIpc) is 2.30. The molecule has 88 valence electrons. The molecule has 0 radical (unpaired) electrons. The van der Waals surface area contributed by atoms with Crippen LogP contribution in [0.4, 0.5) is 0 Å². The molecule has 1 aromatic carbocycles. The van der Waals surface area contributed by atoms with Gasteiger partial charge in [0.25, 0.3) is 0 Å². The van der Waals surface area contributed by atoms with E-state index >= 15 is 0 Å². The quantitative estimate of drug-likeness (QED) is 0.855. The van der Waals surface area contributed by atoms with Crippen molar-refractivity contribution in [3.05, 3.63) is 65.0 Å². The Bertz CT molecular complexity index is 515. The molecule has 1 heterocycles. The second kappa shape index (κ2) is 4.30. The third kappa shape index (κ3) is 2.22. The zero-order valence-electron chi connectivity index (χ0n) is 10.4. The molecule has 1 aromatic heterocycles. The number of aryl methyl sites for hydroxylation is 2. The number of pyridine rings is 1. The van der Waals surface area contributed by atoms with Crippen molar-refractivity contribution in [2.75, 3.05) is 0 Å². The van der Waals surface area contributed by atoms with Crippen molar-refractivity contribution in [1.29, 1.82) is 0 Å². The van der Waals surface area contributed by atoms with E-state index in [0.29, 0.717) is 0 Å². The number of benzene rings is 1.